The molecule has 30 heavy (non-hydrogen) atoms. The van der Waals surface area contributed by atoms with Crippen LogP contribution in [0.25, 0.3) is 10.2 Å². The third-order valence-electron chi connectivity index (χ3n) is 5.14. The van der Waals surface area contributed by atoms with Crippen LogP contribution >= 0.6 is 11.3 Å². The average molecular weight is 429 g/mol. The third-order valence-corrected chi connectivity index (χ3v) is 6.22. The molecule has 8 heteroatoms. The molecule has 3 aromatic rings. The second-order valence-corrected chi connectivity index (χ2v) is 8.13. The number of fused-ring (bicyclic) bond motifs is 1. The van der Waals surface area contributed by atoms with Gasteiger partial charge in [0.1, 0.15) is 17.1 Å². The molecule has 2 aromatic carbocycles. The normalized spacial score (nSPS) is 14.8. The van der Waals surface area contributed by atoms with Crippen LogP contribution in [0.3, 0.4) is 0 Å². The molecule has 0 radical (unpaired) electrons. The van der Waals surface area contributed by atoms with Gasteiger partial charge in [-0.25, -0.2) is 9.37 Å². The van der Waals surface area contributed by atoms with E-state index >= 15 is 0 Å². The molecular weight excluding hydrogens is 403 g/mol. The van der Waals surface area contributed by atoms with Gasteiger partial charge >= 0.3 is 0 Å². The number of amides is 1. The minimum absolute atomic E-state index is 0.0758. The Morgan fingerprint density at radius 3 is 2.63 bits per heavy atom. The highest BCUT2D eigenvalue weighted by Crippen LogP contribution is 2.30. The van der Waals surface area contributed by atoms with Crippen LogP contribution in [-0.2, 0) is 0 Å². The maximum absolute atomic E-state index is 13.9. The molecule has 1 N–H and O–H groups in total. The van der Waals surface area contributed by atoms with Crippen LogP contribution in [0.4, 0.5) is 9.52 Å². The van der Waals surface area contributed by atoms with E-state index in [0.717, 1.165) is 48.3 Å². The lowest BCUT2D eigenvalue weighted by Gasteiger charge is -2.34. The first kappa shape index (κ1) is 20.6. The number of carbonyl (C=O) groups excluding carboxylic acids is 1. The molecule has 0 bridgehead atoms. The van der Waals surface area contributed by atoms with E-state index in [1.807, 2.05) is 25.1 Å². The molecule has 158 valence electrons. The molecule has 1 saturated heterocycles. The van der Waals surface area contributed by atoms with Gasteiger partial charge in [-0.15, -0.1) is 0 Å². The third kappa shape index (κ3) is 4.71. The van der Waals surface area contributed by atoms with Crippen molar-refractivity contribution in [1.82, 2.24) is 15.2 Å². The van der Waals surface area contributed by atoms with Gasteiger partial charge in [-0.2, -0.15) is 0 Å². The summed E-state index contributed by atoms with van der Waals surface area (Å²) in [6.07, 6.45) is 0. The fourth-order valence-corrected chi connectivity index (χ4v) is 4.53. The van der Waals surface area contributed by atoms with Crippen molar-refractivity contribution in [3.05, 3.63) is 53.8 Å². The standard InChI is InChI=1S/C22H25FN4O2S/c1-2-29-17-8-6-16(7-9-17)21(28)24-10-11-26-12-14-27(15-13-26)22-25-20-18(23)4-3-5-19(20)30-22/h3-9H,2,10-15H2,1H3,(H,24,28). The highest BCUT2D eigenvalue weighted by molar-refractivity contribution is 7.22. The van der Waals surface area contributed by atoms with Crippen molar-refractivity contribution in [1.29, 1.82) is 0 Å². The Labute approximate surface area is 179 Å². The van der Waals surface area contributed by atoms with Gasteiger partial charge in [-0.05, 0) is 43.3 Å². The van der Waals surface area contributed by atoms with E-state index in [4.69, 9.17) is 4.74 Å². The van der Waals surface area contributed by atoms with Gasteiger partial charge in [0.25, 0.3) is 5.91 Å². The number of hydrogen-bond donors (Lipinski definition) is 1. The van der Waals surface area contributed by atoms with Crippen molar-refractivity contribution >= 4 is 32.6 Å². The summed E-state index contributed by atoms with van der Waals surface area (Å²) in [5.74, 6) is 0.424. The van der Waals surface area contributed by atoms with E-state index in [0.29, 0.717) is 24.2 Å². The van der Waals surface area contributed by atoms with Gasteiger partial charge in [-0.1, -0.05) is 17.4 Å². The Balaban J connectivity index is 1.23. The quantitative estimate of drug-likeness (QED) is 0.625. The summed E-state index contributed by atoms with van der Waals surface area (Å²) < 4.78 is 20.2. The van der Waals surface area contributed by atoms with E-state index in [-0.39, 0.29) is 11.7 Å². The summed E-state index contributed by atoms with van der Waals surface area (Å²) >= 11 is 1.53. The number of hydrogen-bond acceptors (Lipinski definition) is 6. The summed E-state index contributed by atoms with van der Waals surface area (Å²) in [5.41, 5.74) is 1.09. The van der Waals surface area contributed by atoms with Gasteiger partial charge in [-0.3, -0.25) is 9.69 Å². The molecule has 1 amide bonds. The molecular formula is C22H25FN4O2S. The number of halogens is 1. The smallest absolute Gasteiger partial charge is 0.251 e. The number of piperazine rings is 1. The summed E-state index contributed by atoms with van der Waals surface area (Å²) in [4.78, 5) is 21.3. The second kappa shape index (κ2) is 9.40. The lowest BCUT2D eigenvalue weighted by Crippen LogP contribution is -2.48. The number of aromatic nitrogens is 1. The van der Waals surface area contributed by atoms with E-state index in [1.165, 1.54) is 17.4 Å². The van der Waals surface area contributed by atoms with Gasteiger partial charge in [0, 0.05) is 44.8 Å². The number of carbonyl (C=O) groups is 1. The molecule has 0 unspecified atom stereocenters. The summed E-state index contributed by atoms with van der Waals surface area (Å²) in [5, 5.41) is 3.85. The van der Waals surface area contributed by atoms with Crippen LogP contribution in [0.5, 0.6) is 5.75 Å². The second-order valence-electron chi connectivity index (χ2n) is 7.12. The largest absolute Gasteiger partial charge is 0.494 e. The molecule has 1 fully saturated rings. The zero-order chi connectivity index (χ0) is 20.9. The van der Waals surface area contributed by atoms with Crippen molar-refractivity contribution < 1.29 is 13.9 Å². The number of nitrogens with one attached hydrogen (secondary N) is 1. The predicted octanol–water partition coefficient (Wildman–Crippen LogP) is 3.39. The first-order chi connectivity index (χ1) is 14.6. The minimum atomic E-state index is -0.267. The Hall–Kier alpha value is -2.71. The van der Waals surface area contributed by atoms with Crippen molar-refractivity contribution in [2.24, 2.45) is 0 Å². The molecule has 1 aliphatic rings. The number of thiazole rings is 1. The van der Waals surface area contributed by atoms with Crippen LogP contribution in [0.15, 0.2) is 42.5 Å². The van der Waals surface area contributed by atoms with E-state index < -0.39 is 0 Å². The fraction of sp³-hybridized carbons (Fsp3) is 0.364. The SMILES string of the molecule is CCOc1ccc(C(=O)NCCN2CCN(c3nc4c(F)cccc4s3)CC2)cc1. The van der Waals surface area contributed by atoms with Crippen molar-refractivity contribution in [3.8, 4) is 5.75 Å². The van der Waals surface area contributed by atoms with Gasteiger partial charge in [0.2, 0.25) is 0 Å². The summed E-state index contributed by atoms with van der Waals surface area (Å²) in [6, 6.07) is 12.3. The number of ether oxygens (including phenoxy) is 1. The Morgan fingerprint density at radius 2 is 1.93 bits per heavy atom. The molecule has 0 spiro atoms. The highest BCUT2D eigenvalue weighted by Gasteiger charge is 2.20. The van der Waals surface area contributed by atoms with Crippen LogP contribution in [0, 0.1) is 5.82 Å². The summed E-state index contributed by atoms with van der Waals surface area (Å²) in [7, 11) is 0. The van der Waals surface area contributed by atoms with Crippen LogP contribution in [-0.4, -0.2) is 61.7 Å². The maximum atomic E-state index is 13.9. The molecule has 0 saturated carbocycles. The number of para-hydroxylation sites is 1. The molecule has 0 atom stereocenters. The highest BCUT2D eigenvalue weighted by atomic mass is 32.1. The maximum Gasteiger partial charge on any atom is 0.251 e. The van der Waals surface area contributed by atoms with E-state index in [2.05, 4.69) is 20.1 Å². The Kier molecular flexibility index (Phi) is 6.44. The molecule has 0 aliphatic carbocycles. The molecule has 2 heterocycles. The predicted molar refractivity (Wildman–Crippen MR) is 118 cm³/mol. The first-order valence-corrected chi connectivity index (χ1v) is 11.0. The number of benzene rings is 2. The van der Waals surface area contributed by atoms with Crippen LogP contribution in [0.2, 0.25) is 0 Å². The van der Waals surface area contributed by atoms with E-state index in [9.17, 15) is 9.18 Å². The van der Waals surface area contributed by atoms with Gasteiger partial charge in [0.15, 0.2) is 5.13 Å². The topological polar surface area (TPSA) is 57.7 Å². The Bertz CT molecular complexity index is 1000. The minimum Gasteiger partial charge on any atom is -0.494 e. The Morgan fingerprint density at radius 1 is 1.17 bits per heavy atom. The number of anilines is 1. The number of rotatable bonds is 7. The lowest BCUT2D eigenvalue weighted by molar-refractivity contribution is 0.0947. The lowest BCUT2D eigenvalue weighted by atomic mass is 10.2. The van der Waals surface area contributed by atoms with Gasteiger partial charge in [0.05, 0.1) is 11.3 Å². The number of nitrogens with zero attached hydrogens (tertiary/aromatic N) is 3. The molecule has 1 aliphatic heterocycles. The van der Waals surface area contributed by atoms with Gasteiger partial charge < -0.3 is 15.0 Å². The van der Waals surface area contributed by atoms with Crippen molar-refractivity contribution in [2.75, 3.05) is 50.8 Å². The molecule has 6 nitrogen and oxygen atoms in total. The molecule has 1 aromatic heterocycles. The van der Waals surface area contributed by atoms with E-state index in [1.54, 1.807) is 18.2 Å². The van der Waals surface area contributed by atoms with Crippen molar-refractivity contribution in [2.45, 2.75) is 6.92 Å². The first-order valence-electron chi connectivity index (χ1n) is 10.2. The summed E-state index contributed by atoms with van der Waals surface area (Å²) in [6.45, 7) is 7.38. The fourth-order valence-electron chi connectivity index (χ4n) is 3.50. The van der Waals surface area contributed by atoms with Crippen LogP contribution < -0.4 is 15.0 Å². The zero-order valence-corrected chi connectivity index (χ0v) is 17.8. The average Bonchev–Trinajstić information content (AvgIpc) is 3.21. The van der Waals surface area contributed by atoms with Crippen molar-refractivity contribution in [3.63, 3.8) is 0 Å². The monoisotopic (exact) mass is 428 g/mol. The molecule has 4 rings (SSSR count). The van der Waals surface area contributed by atoms with Crippen LogP contribution in [0.1, 0.15) is 17.3 Å². The zero-order valence-electron chi connectivity index (χ0n) is 16.9.